The zero-order valence-corrected chi connectivity index (χ0v) is 19.5. The van der Waals surface area contributed by atoms with Crippen molar-refractivity contribution < 1.29 is 9.59 Å². The van der Waals surface area contributed by atoms with Gasteiger partial charge in [-0.15, -0.1) is 0 Å². The molecule has 3 heterocycles. The van der Waals surface area contributed by atoms with Gasteiger partial charge in [0.05, 0.1) is 5.52 Å². The predicted octanol–water partition coefficient (Wildman–Crippen LogP) is 2.61. The molecular formula is C24H25ClN6O3. The molecule has 34 heavy (non-hydrogen) atoms. The van der Waals surface area contributed by atoms with Crippen LogP contribution in [0.5, 0.6) is 0 Å². The van der Waals surface area contributed by atoms with Crippen LogP contribution < -0.4 is 11.3 Å². The molecule has 10 heteroatoms. The fraction of sp³-hybridized carbons (Fsp3) is 0.292. The minimum Gasteiger partial charge on any atom is -0.383 e. The summed E-state index contributed by atoms with van der Waals surface area (Å²) >= 11 is 5.85. The third-order valence-corrected chi connectivity index (χ3v) is 6.11. The van der Waals surface area contributed by atoms with Crippen molar-refractivity contribution in [3.05, 3.63) is 69.4 Å². The van der Waals surface area contributed by atoms with Gasteiger partial charge in [0, 0.05) is 37.3 Å². The summed E-state index contributed by atoms with van der Waals surface area (Å²) in [5, 5.41) is 0.817. The minimum absolute atomic E-state index is 0.0464. The van der Waals surface area contributed by atoms with Gasteiger partial charge in [0.2, 0.25) is 11.8 Å². The third kappa shape index (κ3) is 4.94. The zero-order chi connectivity index (χ0) is 24.2. The van der Waals surface area contributed by atoms with Crippen molar-refractivity contribution in [2.24, 2.45) is 0 Å². The number of fused-ring (bicyclic) bond motifs is 1. The highest BCUT2D eigenvalue weighted by Gasteiger charge is 2.36. The molecule has 0 spiro atoms. The second-order valence-corrected chi connectivity index (χ2v) is 8.56. The lowest BCUT2D eigenvalue weighted by Gasteiger charge is -2.40. The van der Waals surface area contributed by atoms with Crippen LogP contribution in [0.1, 0.15) is 30.9 Å². The van der Waals surface area contributed by atoms with Crippen molar-refractivity contribution in [2.45, 2.75) is 32.4 Å². The summed E-state index contributed by atoms with van der Waals surface area (Å²) in [7, 11) is 0. The molecule has 0 unspecified atom stereocenters. The Labute approximate surface area is 201 Å². The molecule has 2 amide bonds. The molecule has 0 bridgehead atoms. The Hall–Kier alpha value is -3.72. The lowest BCUT2D eigenvalue weighted by atomic mass is 10.0. The molecule has 4 rings (SSSR count). The fourth-order valence-corrected chi connectivity index (χ4v) is 4.27. The number of nitrogen functional groups attached to an aromatic ring is 1. The van der Waals surface area contributed by atoms with E-state index in [4.69, 9.17) is 17.3 Å². The number of hydrogen-bond donors (Lipinski definition) is 2. The lowest BCUT2D eigenvalue weighted by Crippen LogP contribution is -2.58. The van der Waals surface area contributed by atoms with Crippen LogP contribution >= 0.6 is 11.6 Å². The van der Waals surface area contributed by atoms with Gasteiger partial charge in [0.25, 0.3) is 5.56 Å². The average molecular weight is 481 g/mol. The van der Waals surface area contributed by atoms with Crippen LogP contribution in [0.3, 0.4) is 0 Å². The van der Waals surface area contributed by atoms with E-state index < -0.39 is 11.6 Å². The van der Waals surface area contributed by atoms with Crippen LogP contribution in [0, 0.1) is 0 Å². The predicted molar refractivity (Wildman–Crippen MR) is 131 cm³/mol. The Kier molecular flexibility index (Phi) is 6.93. The number of halogens is 1. The zero-order valence-electron chi connectivity index (χ0n) is 18.7. The number of benzene rings is 1. The Bertz CT molecular complexity index is 1320. The molecule has 3 aromatic rings. The van der Waals surface area contributed by atoms with Crippen LogP contribution in [0.15, 0.2) is 47.7 Å². The van der Waals surface area contributed by atoms with Crippen molar-refractivity contribution >= 4 is 46.2 Å². The average Bonchev–Trinajstić information content (AvgIpc) is 2.82. The fourth-order valence-electron chi connectivity index (χ4n) is 4.09. The van der Waals surface area contributed by atoms with Crippen molar-refractivity contribution in [1.29, 1.82) is 0 Å². The van der Waals surface area contributed by atoms with Crippen molar-refractivity contribution in [3.8, 4) is 0 Å². The van der Waals surface area contributed by atoms with Gasteiger partial charge in [-0.25, -0.2) is 9.97 Å². The largest absolute Gasteiger partial charge is 0.383 e. The summed E-state index contributed by atoms with van der Waals surface area (Å²) in [6, 6.07) is 6.64. The molecule has 0 saturated carbocycles. The van der Waals surface area contributed by atoms with E-state index in [-0.39, 0.29) is 16.8 Å². The first-order valence-corrected chi connectivity index (χ1v) is 11.4. The molecule has 0 aliphatic carbocycles. The second-order valence-electron chi connectivity index (χ2n) is 8.15. The molecule has 1 aliphatic heterocycles. The number of hydrogen-bond acceptors (Lipinski definition) is 6. The standard InChI is InChI=1S/C24H25ClN6O3/c1-2-3-20-24(34)30(13-16-4-6-17-19(11-16)28-14-29-22(17)26)8-9-31(20)21(32)7-5-15-10-18(25)23(33)27-12-15/h4-7,10-12,14,20H,2-3,8-9,13H2,1H3,(H,27,33)(H2,26,28,29)/t20-/m0/s1. The molecular weight excluding hydrogens is 456 g/mol. The first-order chi connectivity index (χ1) is 16.4. The number of aromatic nitrogens is 3. The van der Waals surface area contributed by atoms with E-state index in [0.29, 0.717) is 37.4 Å². The van der Waals surface area contributed by atoms with Crippen LogP contribution in [-0.2, 0) is 16.1 Å². The Morgan fingerprint density at radius 3 is 2.85 bits per heavy atom. The maximum absolute atomic E-state index is 13.3. The summed E-state index contributed by atoms with van der Waals surface area (Å²) in [5.41, 5.74) is 7.76. The molecule has 0 radical (unpaired) electrons. The number of nitrogens with zero attached hydrogens (tertiary/aromatic N) is 4. The summed E-state index contributed by atoms with van der Waals surface area (Å²) in [5.74, 6) is 0.0795. The highest BCUT2D eigenvalue weighted by Crippen LogP contribution is 2.22. The maximum Gasteiger partial charge on any atom is 0.266 e. The maximum atomic E-state index is 13.3. The summed E-state index contributed by atoms with van der Waals surface area (Å²) in [6.07, 6.45) is 7.21. The van der Waals surface area contributed by atoms with Crippen LogP contribution in [0.4, 0.5) is 5.82 Å². The number of carbonyl (C=O) groups excluding carboxylic acids is 2. The molecule has 176 valence electrons. The number of nitrogens with one attached hydrogen (secondary N) is 1. The molecule has 1 aliphatic rings. The van der Waals surface area contributed by atoms with E-state index >= 15 is 0 Å². The van der Waals surface area contributed by atoms with Gasteiger partial charge in [0.1, 0.15) is 23.2 Å². The second kappa shape index (κ2) is 10.0. The van der Waals surface area contributed by atoms with Crippen LogP contribution in [0.2, 0.25) is 5.02 Å². The van der Waals surface area contributed by atoms with Crippen molar-refractivity contribution in [3.63, 3.8) is 0 Å². The highest BCUT2D eigenvalue weighted by molar-refractivity contribution is 6.30. The van der Waals surface area contributed by atoms with Crippen LogP contribution in [-0.4, -0.2) is 55.7 Å². The van der Waals surface area contributed by atoms with Crippen molar-refractivity contribution in [2.75, 3.05) is 18.8 Å². The minimum atomic E-state index is -0.534. The molecule has 1 atom stereocenters. The number of carbonyl (C=O) groups is 2. The van der Waals surface area contributed by atoms with Gasteiger partial charge in [-0.05, 0) is 41.8 Å². The van der Waals surface area contributed by atoms with E-state index in [0.717, 1.165) is 22.9 Å². The number of piperazine rings is 1. The smallest absolute Gasteiger partial charge is 0.266 e. The van der Waals surface area contributed by atoms with Crippen LogP contribution in [0.25, 0.3) is 17.0 Å². The first-order valence-electron chi connectivity index (χ1n) is 11.0. The lowest BCUT2D eigenvalue weighted by molar-refractivity contribution is -0.150. The van der Waals surface area contributed by atoms with E-state index in [9.17, 15) is 14.4 Å². The Balaban J connectivity index is 1.49. The van der Waals surface area contributed by atoms with Gasteiger partial charge in [-0.1, -0.05) is 31.0 Å². The summed E-state index contributed by atoms with van der Waals surface area (Å²) < 4.78 is 0. The summed E-state index contributed by atoms with van der Waals surface area (Å²) in [6.45, 7) is 3.26. The third-order valence-electron chi connectivity index (χ3n) is 5.83. The number of aromatic amines is 1. The SMILES string of the molecule is CCC[C@H]1C(=O)N(Cc2ccc3c(N)ncnc3c2)CCN1C(=O)C=Cc1c[nH]c(=O)c(Cl)c1. The molecule has 1 saturated heterocycles. The molecule has 1 fully saturated rings. The van der Waals surface area contributed by atoms with Gasteiger partial charge < -0.3 is 20.5 Å². The number of anilines is 1. The Morgan fingerprint density at radius 2 is 2.09 bits per heavy atom. The quantitative estimate of drug-likeness (QED) is 0.522. The monoisotopic (exact) mass is 480 g/mol. The molecule has 2 aromatic heterocycles. The van der Waals surface area contributed by atoms with E-state index in [1.54, 1.807) is 15.9 Å². The van der Waals surface area contributed by atoms with E-state index in [1.807, 2.05) is 25.1 Å². The molecule has 3 N–H and O–H groups in total. The van der Waals surface area contributed by atoms with Gasteiger partial charge in [0.15, 0.2) is 0 Å². The highest BCUT2D eigenvalue weighted by atomic mass is 35.5. The number of H-pyrrole nitrogens is 1. The normalized spacial score (nSPS) is 16.5. The van der Waals surface area contributed by atoms with E-state index in [1.165, 1.54) is 24.7 Å². The number of pyridine rings is 1. The van der Waals surface area contributed by atoms with E-state index in [2.05, 4.69) is 15.0 Å². The van der Waals surface area contributed by atoms with Gasteiger partial charge in [-0.3, -0.25) is 14.4 Å². The molecule has 1 aromatic carbocycles. The number of nitrogens with two attached hydrogens (primary N) is 1. The first kappa shape index (κ1) is 23.4. The number of rotatable bonds is 6. The Morgan fingerprint density at radius 1 is 1.26 bits per heavy atom. The number of amides is 2. The van der Waals surface area contributed by atoms with Gasteiger partial charge >= 0.3 is 0 Å². The summed E-state index contributed by atoms with van der Waals surface area (Å²) in [4.78, 5) is 51.8. The van der Waals surface area contributed by atoms with Crippen molar-refractivity contribution in [1.82, 2.24) is 24.8 Å². The molecule has 9 nitrogen and oxygen atoms in total. The van der Waals surface area contributed by atoms with Gasteiger partial charge in [-0.2, -0.15) is 0 Å². The topological polar surface area (TPSA) is 125 Å².